The molecule has 34 heavy (non-hydrogen) atoms. The second kappa shape index (κ2) is 12.0. The molecule has 0 spiro atoms. The summed E-state index contributed by atoms with van der Waals surface area (Å²) in [5.41, 5.74) is 4.98. The van der Waals surface area contributed by atoms with Crippen LogP contribution in [0.2, 0.25) is 0 Å². The molecule has 2 N–H and O–H groups in total. The molecule has 0 bridgehead atoms. The smallest absolute Gasteiger partial charge is 0.262 e. The molecule has 3 aromatic carbocycles. The first-order valence-corrected chi connectivity index (χ1v) is 11.8. The van der Waals surface area contributed by atoms with Gasteiger partial charge >= 0.3 is 0 Å². The number of hydrogen-bond donors (Lipinski definition) is 2. The molecule has 0 saturated carbocycles. The van der Waals surface area contributed by atoms with E-state index < -0.39 is 6.04 Å². The number of benzene rings is 3. The zero-order valence-corrected chi connectivity index (χ0v) is 20.3. The average Bonchev–Trinajstić information content (AvgIpc) is 2.83. The molecule has 1 atom stereocenters. The van der Waals surface area contributed by atoms with Crippen molar-refractivity contribution in [2.24, 2.45) is 11.0 Å². The summed E-state index contributed by atoms with van der Waals surface area (Å²) in [6.07, 6.45) is 3.61. The maximum atomic E-state index is 12.9. The second-order valence-electron chi connectivity index (χ2n) is 8.70. The Morgan fingerprint density at radius 3 is 2.47 bits per heavy atom. The zero-order valence-electron chi connectivity index (χ0n) is 20.3. The molecule has 0 aliphatic carbocycles. The lowest BCUT2D eigenvalue weighted by atomic mass is 10.0. The molecule has 3 aromatic rings. The summed E-state index contributed by atoms with van der Waals surface area (Å²) in [4.78, 5) is 25.5. The molecule has 2 amide bonds. The van der Waals surface area contributed by atoms with Crippen molar-refractivity contribution in [1.29, 1.82) is 0 Å². The van der Waals surface area contributed by atoms with E-state index in [0.717, 1.165) is 40.5 Å². The van der Waals surface area contributed by atoms with Gasteiger partial charge in [0.2, 0.25) is 0 Å². The van der Waals surface area contributed by atoms with Gasteiger partial charge in [-0.25, -0.2) is 5.43 Å². The molecule has 0 aliphatic rings. The first kappa shape index (κ1) is 25.0. The Balaban J connectivity index is 1.75. The lowest BCUT2D eigenvalue weighted by Crippen LogP contribution is -2.48. The van der Waals surface area contributed by atoms with E-state index in [-0.39, 0.29) is 17.7 Å². The minimum absolute atomic E-state index is 0.116. The van der Waals surface area contributed by atoms with Crippen LogP contribution in [0.1, 0.15) is 55.1 Å². The molecule has 6 heteroatoms. The van der Waals surface area contributed by atoms with Crippen LogP contribution in [0, 0.1) is 12.8 Å². The van der Waals surface area contributed by atoms with Crippen molar-refractivity contribution in [1.82, 2.24) is 10.7 Å². The SMILES string of the molecule is CCCCOc1ccc2ccccc2c1C=NNC(=O)[C@@H](NC(=O)c1ccc(C)cc1)C(C)C. The normalized spacial score (nSPS) is 12.1. The Morgan fingerprint density at radius 1 is 1.03 bits per heavy atom. The second-order valence-corrected chi connectivity index (χ2v) is 8.70. The van der Waals surface area contributed by atoms with Gasteiger partial charge in [0.25, 0.3) is 11.8 Å². The minimum Gasteiger partial charge on any atom is -0.493 e. The van der Waals surface area contributed by atoms with Crippen molar-refractivity contribution in [2.75, 3.05) is 6.61 Å². The highest BCUT2D eigenvalue weighted by Gasteiger charge is 2.24. The van der Waals surface area contributed by atoms with Gasteiger partial charge in [0.05, 0.1) is 12.8 Å². The van der Waals surface area contributed by atoms with E-state index in [4.69, 9.17) is 4.74 Å². The van der Waals surface area contributed by atoms with Gasteiger partial charge in [-0.2, -0.15) is 5.10 Å². The number of rotatable bonds is 10. The van der Waals surface area contributed by atoms with Crippen LogP contribution in [-0.4, -0.2) is 30.7 Å². The lowest BCUT2D eigenvalue weighted by molar-refractivity contribution is -0.123. The highest BCUT2D eigenvalue weighted by atomic mass is 16.5. The van der Waals surface area contributed by atoms with Crippen molar-refractivity contribution in [2.45, 2.75) is 46.6 Å². The summed E-state index contributed by atoms with van der Waals surface area (Å²) in [6, 6.07) is 18.4. The number of nitrogens with one attached hydrogen (secondary N) is 2. The standard InChI is InChI=1S/C28H33N3O3/c1-5-6-17-34-25-16-15-21-9-7-8-10-23(21)24(25)18-29-31-28(33)26(19(2)3)30-27(32)22-13-11-20(4)12-14-22/h7-16,18-19,26H,5-6,17H2,1-4H3,(H,30,32)(H,31,33)/t26-/m0/s1. The highest BCUT2D eigenvalue weighted by molar-refractivity contribution is 6.03. The van der Waals surface area contributed by atoms with Crippen LogP contribution in [0.3, 0.4) is 0 Å². The molecule has 0 aliphatic heterocycles. The van der Waals surface area contributed by atoms with Crippen molar-refractivity contribution in [3.8, 4) is 5.75 Å². The average molecular weight is 460 g/mol. The molecule has 0 unspecified atom stereocenters. The van der Waals surface area contributed by atoms with Crippen LogP contribution in [0.4, 0.5) is 0 Å². The fraction of sp³-hybridized carbons (Fsp3) is 0.321. The number of hydrazone groups is 1. The zero-order chi connectivity index (χ0) is 24.5. The summed E-state index contributed by atoms with van der Waals surface area (Å²) in [5.74, 6) is -0.0628. The van der Waals surface area contributed by atoms with Gasteiger partial charge in [0.15, 0.2) is 0 Å². The number of hydrogen-bond acceptors (Lipinski definition) is 4. The summed E-state index contributed by atoms with van der Waals surface area (Å²) in [5, 5.41) is 9.09. The number of carbonyl (C=O) groups excluding carboxylic acids is 2. The molecule has 0 radical (unpaired) electrons. The van der Waals surface area contributed by atoms with Crippen molar-refractivity contribution in [3.05, 3.63) is 77.4 Å². The van der Waals surface area contributed by atoms with E-state index in [1.165, 1.54) is 0 Å². The van der Waals surface area contributed by atoms with Gasteiger partial charge < -0.3 is 10.1 Å². The molecule has 3 rings (SSSR count). The fourth-order valence-electron chi connectivity index (χ4n) is 3.56. The Labute approximate surface area is 201 Å². The number of ether oxygens (including phenoxy) is 1. The Bertz CT molecular complexity index is 1150. The summed E-state index contributed by atoms with van der Waals surface area (Å²) in [7, 11) is 0. The Kier molecular flexibility index (Phi) is 8.79. The van der Waals surface area contributed by atoms with Crippen LogP contribution in [0.25, 0.3) is 10.8 Å². The van der Waals surface area contributed by atoms with Crippen LogP contribution in [-0.2, 0) is 4.79 Å². The van der Waals surface area contributed by atoms with Crippen LogP contribution >= 0.6 is 0 Å². The van der Waals surface area contributed by atoms with E-state index in [0.29, 0.717) is 12.2 Å². The quantitative estimate of drug-likeness (QED) is 0.247. The molecule has 6 nitrogen and oxygen atoms in total. The highest BCUT2D eigenvalue weighted by Crippen LogP contribution is 2.27. The molecule has 0 heterocycles. The van der Waals surface area contributed by atoms with E-state index in [2.05, 4.69) is 22.8 Å². The monoisotopic (exact) mass is 459 g/mol. The molecule has 0 fully saturated rings. The number of unbranched alkanes of at least 4 members (excludes halogenated alkanes) is 1. The molecule has 0 aromatic heterocycles. The molecule has 178 valence electrons. The van der Waals surface area contributed by atoms with Gasteiger partial charge in [-0.15, -0.1) is 0 Å². The Hall–Kier alpha value is -3.67. The first-order chi connectivity index (χ1) is 16.4. The van der Waals surface area contributed by atoms with Gasteiger partial charge in [0.1, 0.15) is 11.8 Å². The Morgan fingerprint density at radius 2 is 1.76 bits per heavy atom. The first-order valence-electron chi connectivity index (χ1n) is 11.8. The van der Waals surface area contributed by atoms with E-state index in [9.17, 15) is 9.59 Å². The predicted molar refractivity (Wildman–Crippen MR) is 137 cm³/mol. The van der Waals surface area contributed by atoms with Gasteiger partial charge in [-0.3, -0.25) is 9.59 Å². The van der Waals surface area contributed by atoms with E-state index >= 15 is 0 Å². The largest absolute Gasteiger partial charge is 0.493 e. The maximum Gasteiger partial charge on any atom is 0.262 e. The number of carbonyl (C=O) groups is 2. The third kappa shape index (κ3) is 6.44. The van der Waals surface area contributed by atoms with E-state index in [1.54, 1.807) is 18.3 Å². The molecular weight excluding hydrogens is 426 g/mol. The van der Waals surface area contributed by atoms with Crippen LogP contribution in [0.15, 0.2) is 65.8 Å². The summed E-state index contributed by atoms with van der Waals surface area (Å²) >= 11 is 0. The van der Waals surface area contributed by atoms with Crippen LogP contribution in [0.5, 0.6) is 5.75 Å². The fourth-order valence-corrected chi connectivity index (χ4v) is 3.56. The summed E-state index contributed by atoms with van der Waals surface area (Å²) in [6.45, 7) is 8.45. The van der Waals surface area contributed by atoms with Gasteiger partial charge in [0, 0.05) is 11.1 Å². The number of aryl methyl sites for hydroxylation is 1. The van der Waals surface area contributed by atoms with E-state index in [1.807, 2.05) is 69.3 Å². The lowest BCUT2D eigenvalue weighted by Gasteiger charge is -2.20. The van der Waals surface area contributed by atoms with Crippen LogP contribution < -0.4 is 15.5 Å². The number of fused-ring (bicyclic) bond motifs is 1. The topological polar surface area (TPSA) is 79.8 Å². The maximum absolute atomic E-state index is 12.9. The predicted octanol–water partition coefficient (Wildman–Crippen LogP) is 5.23. The third-order valence-corrected chi connectivity index (χ3v) is 5.60. The minimum atomic E-state index is -0.723. The van der Waals surface area contributed by atoms with Crippen molar-refractivity contribution >= 4 is 28.8 Å². The molecular formula is C28H33N3O3. The van der Waals surface area contributed by atoms with Crippen molar-refractivity contribution in [3.63, 3.8) is 0 Å². The van der Waals surface area contributed by atoms with Gasteiger partial charge in [-0.05, 0) is 48.2 Å². The molecule has 0 saturated heterocycles. The number of amides is 2. The number of nitrogens with zero attached hydrogens (tertiary/aromatic N) is 1. The van der Waals surface area contributed by atoms with Crippen molar-refractivity contribution < 1.29 is 14.3 Å². The summed E-state index contributed by atoms with van der Waals surface area (Å²) < 4.78 is 5.98. The van der Waals surface area contributed by atoms with Gasteiger partial charge in [-0.1, -0.05) is 75.2 Å². The third-order valence-electron chi connectivity index (χ3n) is 5.60.